The fraction of sp³-hybridized carbons (Fsp3) is 0.750. The summed E-state index contributed by atoms with van der Waals surface area (Å²) in [5, 5.41) is 4.27. The molecule has 0 aliphatic rings. The second-order valence-electron chi connectivity index (χ2n) is 4.56. The second kappa shape index (κ2) is 6.16. The molecule has 1 heterocycles. The van der Waals surface area contributed by atoms with Gasteiger partial charge in [0.2, 0.25) is 0 Å². The molecule has 0 aliphatic carbocycles. The Hall–Kier alpha value is -0.500. The van der Waals surface area contributed by atoms with E-state index in [9.17, 15) is 0 Å². The fourth-order valence-electron chi connectivity index (χ4n) is 1.89. The summed E-state index contributed by atoms with van der Waals surface area (Å²) in [4.78, 5) is 0. The number of alkyl halides is 1. The monoisotopic (exact) mass is 228 g/mol. The molecule has 0 amide bonds. The van der Waals surface area contributed by atoms with Crippen LogP contribution in [0.15, 0.2) is 12.4 Å². The lowest BCUT2D eigenvalue weighted by molar-refractivity contribution is 0.441. The molecule has 86 valence electrons. The van der Waals surface area contributed by atoms with Gasteiger partial charge in [-0.2, -0.15) is 5.10 Å². The van der Waals surface area contributed by atoms with Gasteiger partial charge in [0.15, 0.2) is 0 Å². The standard InChI is InChI=1S/C12H21ClN2/c1-4-15-9-12(8-14-15)6-11(7-13)5-10(2)3/h8-11H,4-7H2,1-3H3. The Bertz CT molecular complexity index is 281. The molecule has 1 aromatic heterocycles. The predicted octanol–water partition coefficient (Wildman–Crippen LogP) is 3.35. The fourth-order valence-corrected chi connectivity index (χ4v) is 2.12. The van der Waals surface area contributed by atoms with Crippen LogP contribution in [0.5, 0.6) is 0 Å². The van der Waals surface area contributed by atoms with E-state index in [-0.39, 0.29) is 0 Å². The smallest absolute Gasteiger partial charge is 0.0521 e. The lowest BCUT2D eigenvalue weighted by Crippen LogP contribution is -2.09. The van der Waals surface area contributed by atoms with Gasteiger partial charge in [-0.15, -0.1) is 11.6 Å². The van der Waals surface area contributed by atoms with Crippen LogP contribution in [0, 0.1) is 11.8 Å². The van der Waals surface area contributed by atoms with E-state index in [1.807, 2.05) is 10.9 Å². The Kier molecular flexibility index (Phi) is 5.16. The van der Waals surface area contributed by atoms with E-state index in [1.165, 1.54) is 12.0 Å². The highest BCUT2D eigenvalue weighted by Gasteiger charge is 2.11. The normalized spacial score (nSPS) is 13.4. The predicted molar refractivity (Wildman–Crippen MR) is 65.3 cm³/mol. The highest BCUT2D eigenvalue weighted by atomic mass is 35.5. The first-order chi connectivity index (χ1) is 7.15. The lowest BCUT2D eigenvalue weighted by Gasteiger charge is -2.14. The number of rotatable bonds is 6. The summed E-state index contributed by atoms with van der Waals surface area (Å²) >= 11 is 5.97. The van der Waals surface area contributed by atoms with Gasteiger partial charge in [-0.3, -0.25) is 4.68 Å². The van der Waals surface area contributed by atoms with Gasteiger partial charge in [0.1, 0.15) is 0 Å². The average molecular weight is 229 g/mol. The molecule has 2 nitrogen and oxygen atoms in total. The zero-order valence-electron chi connectivity index (χ0n) is 9.91. The molecule has 0 spiro atoms. The zero-order chi connectivity index (χ0) is 11.3. The number of aryl methyl sites for hydroxylation is 1. The van der Waals surface area contributed by atoms with Crippen LogP contribution in [-0.2, 0) is 13.0 Å². The van der Waals surface area contributed by atoms with Crippen molar-refractivity contribution in [2.45, 2.75) is 40.2 Å². The van der Waals surface area contributed by atoms with Crippen LogP contribution in [0.2, 0.25) is 0 Å². The molecule has 1 atom stereocenters. The van der Waals surface area contributed by atoms with Gasteiger partial charge in [-0.25, -0.2) is 0 Å². The van der Waals surface area contributed by atoms with E-state index < -0.39 is 0 Å². The molecule has 0 radical (unpaired) electrons. The lowest BCUT2D eigenvalue weighted by atomic mass is 9.94. The molecule has 3 heteroatoms. The van der Waals surface area contributed by atoms with Gasteiger partial charge in [0.25, 0.3) is 0 Å². The van der Waals surface area contributed by atoms with Crippen LogP contribution in [0.3, 0.4) is 0 Å². The quantitative estimate of drug-likeness (QED) is 0.683. The largest absolute Gasteiger partial charge is 0.273 e. The highest BCUT2D eigenvalue weighted by Crippen LogP contribution is 2.18. The maximum atomic E-state index is 5.97. The minimum Gasteiger partial charge on any atom is -0.273 e. The van der Waals surface area contributed by atoms with E-state index in [0.29, 0.717) is 5.92 Å². The Labute approximate surface area is 97.6 Å². The maximum absolute atomic E-state index is 5.97. The molecule has 0 aromatic carbocycles. The Morgan fingerprint density at radius 2 is 2.20 bits per heavy atom. The summed E-state index contributed by atoms with van der Waals surface area (Å²) in [7, 11) is 0. The first kappa shape index (κ1) is 12.6. The summed E-state index contributed by atoms with van der Waals surface area (Å²) in [5.74, 6) is 2.05. The van der Waals surface area contributed by atoms with Crippen molar-refractivity contribution in [2.75, 3.05) is 5.88 Å². The van der Waals surface area contributed by atoms with E-state index in [1.54, 1.807) is 0 Å². The molecule has 0 saturated heterocycles. The SMILES string of the molecule is CCn1cc(CC(CCl)CC(C)C)cn1. The third kappa shape index (κ3) is 4.25. The Morgan fingerprint density at radius 1 is 1.47 bits per heavy atom. The summed E-state index contributed by atoms with van der Waals surface area (Å²) < 4.78 is 1.97. The summed E-state index contributed by atoms with van der Waals surface area (Å²) in [6.07, 6.45) is 6.34. The third-order valence-corrected chi connectivity index (χ3v) is 2.99. The van der Waals surface area contributed by atoms with Crippen molar-refractivity contribution in [1.29, 1.82) is 0 Å². The Morgan fingerprint density at radius 3 is 2.67 bits per heavy atom. The first-order valence-corrected chi connectivity index (χ1v) is 6.26. The summed E-state index contributed by atoms with van der Waals surface area (Å²) in [6.45, 7) is 7.53. The van der Waals surface area contributed by atoms with E-state index in [4.69, 9.17) is 11.6 Å². The van der Waals surface area contributed by atoms with Crippen molar-refractivity contribution in [3.05, 3.63) is 18.0 Å². The van der Waals surface area contributed by atoms with Gasteiger partial charge in [-0.1, -0.05) is 13.8 Å². The van der Waals surface area contributed by atoms with Crippen molar-refractivity contribution in [1.82, 2.24) is 9.78 Å². The van der Waals surface area contributed by atoms with Gasteiger partial charge < -0.3 is 0 Å². The molecular weight excluding hydrogens is 208 g/mol. The number of hydrogen-bond donors (Lipinski definition) is 0. The van der Waals surface area contributed by atoms with E-state index >= 15 is 0 Å². The first-order valence-electron chi connectivity index (χ1n) is 5.73. The second-order valence-corrected chi connectivity index (χ2v) is 4.87. The van der Waals surface area contributed by atoms with E-state index in [2.05, 4.69) is 32.1 Å². The molecule has 1 aromatic rings. The topological polar surface area (TPSA) is 17.8 Å². The number of halogens is 1. The van der Waals surface area contributed by atoms with Crippen LogP contribution >= 0.6 is 11.6 Å². The van der Waals surface area contributed by atoms with Crippen molar-refractivity contribution in [3.63, 3.8) is 0 Å². The van der Waals surface area contributed by atoms with Crippen LogP contribution in [0.25, 0.3) is 0 Å². The minimum absolute atomic E-state index is 0.584. The van der Waals surface area contributed by atoms with Gasteiger partial charge in [0, 0.05) is 18.6 Å². The molecule has 15 heavy (non-hydrogen) atoms. The van der Waals surface area contributed by atoms with Gasteiger partial charge in [0.05, 0.1) is 6.20 Å². The molecule has 1 rings (SSSR count). The van der Waals surface area contributed by atoms with Crippen molar-refractivity contribution in [2.24, 2.45) is 11.8 Å². The average Bonchev–Trinajstić information content (AvgIpc) is 2.64. The summed E-state index contributed by atoms with van der Waals surface area (Å²) in [5.41, 5.74) is 1.31. The number of hydrogen-bond acceptors (Lipinski definition) is 1. The number of nitrogens with zero attached hydrogens (tertiary/aromatic N) is 2. The molecule has 0 saturated carbocycles. The molecule has 0 N–H and O–H groups in total. The van der Waals surface area contributed by atoms with Crippen molar-refractivity contribution in [3.8, 4) is 0 Å². The van der Waals surface area contributed by atoms with Crippen LogP contribution in [0.4, 0.5) is 0 Å². The zero-order valence-corrected chi connectivity index (χ0v) is 10.7. The van der Waals surface area contributed by atoms with Crippen molar-refractivity contribution < 1.29 is 0 Å². The van der Waals surface area contributed by atoms with Gasteiger partial charge in [-0.05, 0) is 37.2 Å². The van der Waals surface area contributed by atoms with Gasteiger partial charge >= 0.3 is 0 Å². The van der Waals surface area contributed by atoms with E-state index in [0.717, 1.165) is 24.8 Å². The third-order valence-electron chi connectivity index (χ3n) is 2.56. The molecular formula is C12H21ClN2. The van der Waals surface area contributed by atoms with Crippen LogP contribution in [0.1, 0.15) is 32.8 Å². The maximum Gasteiger partial charge on any atom is 0.0521 e. The van der Waals surface area contributed by atoms with Crippen molar-refractivity contribution >= 4 is 11.6 Å². The highest BCUT2D eigenvalue weighted by molar-refractivity contribution is 6.18. The van der Waals surface area contributed by atoms with Crippen LogP contribution in [-0.4, -0.2) is 15.7 Å². The molecule has 0 bridgehead atoms. The Balaban J connectivity index is 2.50. The molecule has 1 unspecified atom stereocenters. The van der Waals surface area contributed by atoms with Crippen LogP contribution < -0.4 is 0 Å². The molecule has 0 aliphatic heterocycles. The number of aromatic nitrogens is 2. The molecule has 0 fully saturated rings. The summed E-state index contributed by atoms with van der Waals surface area (Å²) in [6, 6.07) is 0. The minimum atomic E-state index is 0.584.